The number of aromatic nitrogens is 2. The molecule has 0 radical (unpaired) electrons. The third-order valence-corrected chi connectivity index (χ3v) is 5.91. The molecule has 3 aromatic rings. The molecule has 1 aromatic heterocycles. The van der Waals surface area contributed by atoms with Gasteiger partial charge in [-0.1, -0.05) is 35.3 Å². The Hall–Kier alpha value is -2.84. The number of carbonyl (C=O) groups excluding carboxylic acids is 1. The van der Waals surface area contributed by atoms with Gasteiger partial charge in [-0.05, 0) is 62.2 Å². The van der Waals surface area contributed by atoms with Crippen LogP contribution in [0.4, 0.5) is 4.39 Å². The summed E-state index contributed by atoms with van der Waals surface area (Å²) >= 11 is 11.6. The van der Waals surface area contributed by atoms with E-state index in [1.165, 1.54) is 12.1 Å². The van der Waals surface area contributed by atoms with Crippen LogP contribution in [0.2, 0.25) is 10.0 Å². The second kappa shape index (κ2) is 9.19. The van der Waals surface area contributed by atoms with E-state index in [0.717, 1.165) is 6.07 Å². The largest absolute Gasteiger partial charge is 0.485 e. The van der Waals surface area contributed by atoms with Gasteiger partial charge in [-0.25, -0.2) is 4.39 Å². The Labute approximate surface area is 200 Å². The maximum Gasteiger partial charge on any atom is 0.258 e. The number of rotatable bonds is 8. The summed E-state index contributed by atoms with van der Waals surface area (Å²) in [4.78, 5) is 16.8. The Morgan fingerprint density at radius 3 is 2.52 bits per heavy atom. The zero-order valence-electron chi connectivity index (χ0n) is 18.0. The molecule has 1 heterocycles. The van der Waals surface area contributed by atoms with Crippen LogP contribution in [-0.2, 0) is 16.8 Å². The molecular formula is C23H22Cl2FN3O4. The molecule has 1 aliphatic rings. The predicted octanol–water partition coefficient (Wildman–Crippen LogP) is 5.10. The highest BCUT2D eigenvalue weighted by molar-refractivity contribution is 6.30. The Kier molecular flexibility index (Phi) is 6.50. The van der Waals surface area contributed by atoms with Crippen molar-refractivity contribution in [3.63, 3.8) is 0 Å². The topological polar surface area (TPSA) is 86.5 Å². The smallest absolute Gasteiger partial charge is 0.258 e. The average Bonchev–Trinajstić information content (AvgIpc) is 3.21. The SMILES string of the molecule is CC1(NC(=O)COc2ccc(Cl)cc2F)CC(C)(c2nc(COc3ccc(Cl)cc3)no2)C1. The summed E-state index contributed by atoms with van der Waals surface area (Å²) in [5.41, 5.74) is -0.848. The van der Waals surface area contributed by atoms with Gasteiger partial charge < -0.3 is 19.3 Å². The fourth-order valence-corrected chi connectivity index (χ4v) is 4.54. The van der Waals surface area contributed by atoms with Crippen molar-refractivity contribution < 1.29 is 23.2 Å². The van der Waals surface area contributed by atoms with E-state index < -0.39 is 11.4 Å². The van der Waals surface area contributed by atoms with E-state index in [1.54, 1.807) is 24.3 Å². The first kappa shape index (κ1) is 23.3. The number of carbonyl (C=O) groups is 1. The van der Waals surface area contributed by atoms with Crippen molar-refractivity contribution >= 4 is 29.1 Å². The fraction of sp³-hybridized carbons (Fsp3) is 0.348. The summed E-state index contributed by atoms with van der Waals surface area (Å²) < 4.78 is 30.2. The second-order valence-corrected chi connectivity index (χ2v) is 9.52. The molecule has 1 saturated carbocycles. The van der Waals surface area contributed by atoms with Crippen LogP contribution in [0.3, 0.4) is 0 Å². The molecule has 0 atom stereocenters. The quantitative estimate of drug-likeness (QED) is 0.469. The number of benzene rings is 2. The van der Waals surface area contributed by atoms with Crippen molar-refractivity contribution in [2.24, 2.45) is 0 Å². The summed E-state index contributed by atoms with van der Waals surface area (Å²) in [6, 6.07) is 11.0. The molecule has 174 valence electrons. The minimum atomic E-state index is -0.620. The van der Waals surface area contributed by atoms with Crippen LogP contribution < -0.4 is 14.8 Å². The maximum atomic E-state index is 13.8. The molecule has 0 saturated heterocycles. The lowest BCUT2D eigenvalue weighted by Crippen LogP contribution is -2.61. The first-order valence-electron chi connectivity index (χ1n) is 10.2. The van der Waals surface area contributed by atoms with Crippen molar-refractivity contribution in [1.29, 1.82) is 0 Å². The highest BCUT2D eigenvalue weighted by Crippen LogP contribution is 2.49. The van der Waals surface area contributed by atoms with Gasteiger partial charge in [-0.2, -0.15) is 4.98 Å². The summed E-state index contributed by atoms with van der Waals surface area (Å²) in [7, 11) is 0. The van der Waals surface area contributed by atoms with Gasteiger partial charge in [0.15, 0.2) is 24.8 Å². The van der Waals surface area contributed by atoms with Crippen LogP contribution >= 0.6 is 23.2 Å². The van der Waals surface area contributed by atoms with Gasteiger partial charge in [0.1, 0.15) is 5.75 Å². The minimum absolute atomic E-state index is 0.0302. The maximum absolute atomic E-state index is 13.8. The Bertz CT molecular complexity index is 1150. The van der Waals surface area contributed by atoms with Crippen LogP contribution in [0.15, 0.2) is 47.0 Å². The fourth-order valence-electron chi connectivity index (χ4n) is 4.25. The summed E-state index contributed by atoms with van der Waals surface area (Å²) in [6.45, 7) is 3.78. The second-order valence-electron chi connectivity index (χ2n) is 8.64. The molecular weight excluding hydrogens is 472 g/mol. The van der Waals surface area contributed by atoms with Gasteiger partial charge in [0.2, 0.25) is 11.7 Å². The van der Waals surface area contributed by atoms with E-state index in [-0.39, 0.29) is 35.3 Å². The number of hydrogen-bond donors (Lipinski definition) is 1. The molecule has 1 amide bonds. The third-order valence-electron chi connectivity index (χ3n) is 5.42. The molecule has 1 aliphatic carbocycles. The zero-order chi connectivity index (χ0) is 23.6. The van der Waals surface area contributed by atoms with Crippen molar-refractivity contribution in [3.8, 4) is 11.5 Å². The highest BCUT2D eigenvalue weighted by Gasteiger charge is 2.53. The summed E-state index contributed by atoms with van der Waals surface area (Å²) in [6.07, 6.45) is 1.20. The number of nitrogens with zero attached hydrogens (tertiary/aromatic N) is 2. The van der Waals surface area contributed by atoms with Gasteiger partial charge in [-0.3, -0.25) is 4.79 Å². The lowest BCUT2D eigenvalue weighted by molar-refractivity contribution is -0.127. The molecule has 0 spiro atoms. The average molecular weight is 494 g/mol. The van der Waals surface area contributed by atoms with E-state index in [9.17, 15) is 9.18 Å². The van der Waals surface area contributed by atoms with E-state index in [1.807, 2.05) is 13.8 Å². The lowest BCUT2D eigenvalue weighted by atomic mass is 9.59. The van der Waals surface area contributed by atoms with Gasteiger partial charge in [0.25, 0.3) is 5.91 Å². The first-order chi connectivity index (χ1) is 15.6. The number of hydrogen-bond acceptors (Lipinski definition) is 6. The van der Waals surface area contributed by atoms with Crippen LogP contribution in [0.5, 0.6) is 11.5 Å². The predicted molar refractivity (Wildman–Crippen MR) is 120 cm³/mol. The van der Waals surface area contributed by atoms with Crippen LogP contribution in [0, 0.1) is 5.82 Å². The molecule has 0 aliphatic heterocycles. The molecule has 2 aromatic carbocycles. The molecule has 7 nitrogen and oxygen atoms in total. The van der Waals surface area contributed by atoms with Crippen LogP contribution in [-0.4, -0.2) is 28.2 Å². The normalized spacial score (nSPS) is 21.8. The molecule has 10 heteroatoms. The third kappa shape index (κ3) is 5.57. The van der Waals surface area contributed by atoms with Gasteiger partial charge in [0.05, 0.1) is 5.41 Å². The van der Waals surface area contributed by atoms with Crippen LogP contribution in [0.25, 0.3) is 0 Å². The van der Waals surface area contributed by atoms with E-state index in [0.29, 0.717) is 35.3 Å². The van der Waals surface area contributed by atoms with E-state index in [4.69, 9.17) is 37.2 Å². The zero-order valence-corrected chi connectivity index (χ0v) is 19.5. The lowest BCUT2D eigenvalue weighted by Gasteiger charge is -2.51. The van der Waals surface area contributed by atoms with E-state index >= 15 is 0 Å². The van der Waals surface area contributed by atoms with Crippen molar-refractivity contribution in [2.75, 3.05) is 6.61 Å². The van der Waals surface area contributed by atoms with Gasteiger partial charge in [0, 0.05) is 15.6 Å². The van der Waals surface area contributed by atoms with Crippen molar-refractivity contribution in [1.82, 2.24) is 15.5 Å². The van der Waals surface area contributed by atoms with Gasteiger partial charge in [-0.15, -0.1) is 0 Å². The van der Waals surface area contributed by atoms with E-state index in [2.05, 4.69) is 15.5 Å². The van der Waals surface area contributed by atoms with Gasteiger partial charge >= 0.3 is 0 Å². The number of amides is 1. The highest BCUT2D eigenvalue weighted by atomic mass is 35.5. The summed E-state index contributed by atoms with van der Waals surface area (Å²) in [5.74, 6) is 0.566. The Morgan fingerprint density at radius 1 is 1.12 bits per heavy atom. The Balaban J connectivity index is 1.27. The number of nitrogens with one attached hydrogen (secondary N) is 1. The Morgan fingerprint density at radius 2 is 1.82 bits per heavy atom. The summed E-state index contributed by atoms with van der Waals surface area (Å²) in [5, 5.41) is 7.81. The van der Waals surface area contributed by atoms with Crippen molar-refractivity contribution in [3.05, 3.63) is 70.0 Å². The number of ether oxygens (including phenoxy) is 2. The monoisotopic (exact) mass is 493 g/mol. The van der Waals surface area contributed by atoms with Crippen LogP contribution in [0.1, 0.15) is 38.4 Å². The standard InChI is InChI=1S/C23H22Cl2FN3O4/c1-22(21-27-19(29-33-21)10-31-16-6-3-14(24)4-7-16)12-23(2,13-22)28-20(30)11-32-18-8-5-15(25)9-17(18)26/h3-9H,10-13H2,1-2H3,(H,28,30). The molecule has 4 rings (SSSR count). The molecule has 0 unspecified atom stereocenters. The molecule has 0 bridgehead atoms. The molecule has 1 N–H and O–H groups in total. The van der Waals surface area contributed by atoms with Crippen molar-refractivity contribution in [2.45, 2.75) is 44.2 Å². The number of halogens is 3. The molecule has 1 fully saturated rings. The molecule has 33 heavy (non-hydrogen) atoms. The minimum Gasteiger partial charge on any atom is -0.485 e. The first-order valence-corrected chi connectivity index (χ1v) is 11.0.